The molecule has 0 amide bonds. The van der Waals surface area contributed by atoms with Crippen LogP contribution in [-0.2, 0) is 12.8 Å². The monoisotopic (exact) mass is 173 g/mol. The van der Waals surface area contributed by atoms with Gasteiger partial charge in [0.2, 0.25) is 0 Å². The van der Waals surface area contributed by atoms with E-state index in [0.29, 0.717) is 0 Å². The van der Waals surface area contributed by atoms with Gasteiger partial charge in [0.1, 0.15) is 5.00 Å². The van der Waals surface area contributed by atoms with Crippen LogP contribution in [-0.4, -0.2) is 11.3 Å². The highest BCUT2D eigenvalue weighted by Gasteiger charge is 2.09. The molecule has 52 valence electrons. The van der Waals surface area contributed by atoms with Gasteiger partial charge in [-0.3, -0.25) is 5.43 Å². The van der Waals surface area contributed by atoms with E-state index in [0.717, 1.165) is 10.7 Å². The fraction of sp³-hybridized carbons (Fsp3) is 0. The lowest BCUT2D eigenvalue weighted by molar-refractivity contribution is -0.486. The molecule has 0 fully saturated rings. The minimum Gasteiger partial charge on any atom is -0.287 e. The van der Waals surface area contributed by atoms with E-state index in [1.807, 2.05) is 0 Å². The maximum atomic E-state index is 4.78. The van der Waals surface area contributed by atoms with E-state index in [4.69, 9.17) is 12.8 Å². The van der Waals surface area contributed by atoms with Crippen LogP contribution in [0.15, 0.2) is 5.10 Å². The number of rotatable bonds is 0. The van der Waals surface area contributed by atoms with Gasteiger partial charge in [-0.2, -0.15) is 5.10 Å². The molecule has 7 heteroatoms. The topological polar surface area (TPSA) is 53.2 Å². The summed E-state index contributed by atoms with van der Waals surface area (Å²) in [6.45, 7) is 0. The minimum absolute atomic E-state index is 0.777. The predicted molar refractivity (Wildman–Crippen MR) is 39.4 cm³/mol. The van der Waals surface area contributed by atoms with Crippen LogP contribution in [0.2, 0.25) is 0 Å². The van der Waals surface area contributed by atoms with Crippen molar-refractivity contribution < 1.29 is 3.48 Å². The molecule has 0 radical (unpaired) electrons. The van der Waals surface area contributed by atoms with Crippen molar-refractivity contribution in [1.29, 1.82) is 0 Å². The molecule has 0 saturated carbocycles. The summed E-state index contributed by atoms with van der Waals surface area (Å²) in [5.41, 5.74) is 6.17. The Morgan fingerprint density at radius 2 is 2.60 bits per heavy atom. The van der Waals surface area contributed by atoms with Gasteiger partial charge < -0.3 is 0 Å². The summed E-state index contributed by atoms with van der Waals surface area (Å²) in [7, 11) is 0. The average Bonchev–Trinajstić information content (AvgIpc) is 2.27. The maximum absolute atomic E-state index is 4.78. The van der Waals surface area contributed by atoms with Gasteiger partial charge in [-0.25, -0.2) is 5.53 Å². The summed E-state index contributed by atoms with van der Waals surface area (Å²) in [5, 5.41) is 8.57. The summed E-state index contributed by atoms with van der Waals surface area (Å²) in [5.74, 6) is 0. The first-order valence-corrected chi connectivity index (χ1v) is 3.65. The highest BCUT2D eigenvalue weighted by atomic mass is 32.2. The Kier molecular flexibility index (Phi) is 1.18. The van der Waals surface area contributed by atoms with Crippen LogP contribution in [0.25, 0.3) is 0 Å². The molecule has 0 aliphatic carbocycles. The molecular formula is C3H3N5S2. The van der Waals surface area contributed by atoms with Crippen molar-refractivity contribution in [2.45, 2.75) is 0 Å². The molecule has 1 aromatic heterocycles. The van der Waals surface area contributed by atoms with E-state index in [9.17, 15) is 0 Å². The van der Waals surface area contributed by atoms with Gasteiger partial charge in [-0.1, -0.05) is 0 Å². The van der Waals surface area contributed by atoms with Crippen LogP contribution in [0.4, 0.5) is 5.00 Å². The third kappa shape index (κ3) is 0.792. The van der Waals surface area contributed by atoms with E-state index in [1.54, 1.807) is 6.21 Å². The van der Waals surface area contributed by atoms with E-state index < -0.39 is 0 Å². The standard InChI is InChI=1S/C3H3N5S2/c9-8-6-2-1-4-7-5-3(2)10-8/h1,5,7H. The van der Waals surface area contributed by atoms with E-state index in [1.165, 1.54) is 15.0 Å². The molecule has 2 rings (SSSR count). The smallest absolute Gasteiger partial charge is 0.171 e. The summed E-state index contributed by atoms with van der Waals surface area (Å²) < 4.78 is 1.36. The Labute approximate surface area is 66.4 Å². The average molecular weight is 173 g/mol. The van der Waals surface area contributed by atoms with Gasteiger partial charge in [0.15, 0.2) is 5.69 Å². The third-order valence-electron chi connectivity index (χ3n) is 1.01. The number of nitrogens with one attached hydrogen (secondary N) is 2. The first-order chi connectivity index (χ1) is 4.86. The van der Waals surface area contributed by atoms with Crippen molar-refractivity contribution in [3.8, 4) is 0 Å². The molecule has 0 spiro atoms. The second-order valence-corrected chi connectivity index (χ2v) is 3.15. The molecule has 1 aliphatic rings. The van der Waals surface area contributed by atoms with Crippen LogP contribution < -0.4 is 14.4 Å². The Morgan fingerprint density at radius 3 is 3.40 bits per heavy atom. The first-order valence-electron chi connectivity index (χ1n) is 2.51. The molecular weight excluding hydrogens is 170 g/mol. The number of hydrogen-bond acceptors (Lipinski definition) is 6. The second kappa shape index (κ2) is 2.03. The molecule has 0 unspecified atom stereocenters. The van der Waals surface area contributed by atoms with Gasteiger partial charge in [-0.15, -0.1) is 3.48 Å². The number of anilines is 1. The number of hydrazine groups is 1. The van der Waals surface area contributed by atoms with Gasteiger partial charge >= 0.3 is 0 Å². The van der Waals surface area contributed by atoms with E-state index >= 15 is 0 Å². The Hall–Kier alpha value is -0.950. The van der Waals surface area contributed by atoms with Crippen LogP contribution in [0.3, 0.4) is 0 Å². The molecule has 2 heterocycles. The van der Waals surface area contributed by atoms with Crippen molar-refractivity contribution in [3.63, 3.8) is 0 Å². The van der Waals surface area contributed by atoms with Gasteiger partial charge in [0.05, 0.1) is 6.21 Å². The molecule has 5 nitrogen and oxygen atoms in total. The SMILES string of the molecule is [S-][n+]1nc2c(s1)NNN=C2. The van der Waals surface area contributed by atoms with Crippen LogP contribution in [0.5, 0.6) is 0 Å². The fourth-order valence-electron chi connectivity index (χ4n) is 0.626. The van der Waals surface area contributed by atoms with Crippen LogP contribution in [0.1, 0.15) is 5.69 Å². The number of fused-ring (bicyclic) bond motifs is 1. The highest BCUT2D eigenvalue weighted by Crippen LogP contribution is 2.14. The first kappa shape index (κ1) is 5.81. The highest BCUT2D eigenvalue weighted by molar-refractivity contribution is 7.52. The van der Waals surface area contributed by atoms with Crippen molar-refractivity contribution in [2.24, 2.45) is 5.10 Å². The molecule has 10 heavy (non-hydrogen) atoms. The Balaban J connectivity index is 2.53. The van der Waals surface area contributed by atoms with Gasteiger partial charge in [-0.05, 0) is 24.3 Å². The fourth-order valence-corrected chi connectivity index (χ4v) is 1.50. The number of hydrazone groups is 1. The lowest BCUT2D eigenvalue weighted by atomic mass is 10.5. The lowest BCUT2D eigenvalue weighted by Gasteiger charge is -2.05. The lowest BCUT2D eigenvalue weighted by Crippen LogP contribution is -2.24. The van der Waals surface area contributed by atoms with Crippen molar-refractivity contribution >= 4 is 35.6 Å². The van der Waals surface area contributed by atoms with Crippen molar-refractivity contribution in [1.82, 2.24) is 10.6 Å². The molecule has 1 aromatic rings. The van der Waals surface area contributed by atoms with Crippen LogP contribution in [0, 0.1) is 0 Å². The third-order valence-corrected chi connectivity index (χ3v) is 2.05. The zero-order valence-electron chi connectivity index (χ0n) is 4.74. The molecule has 0 saturated heterocycles. The maximum Gasteiger partial charge on any atom is 0.171 e. The van der Waals surface area contributed by atoms with Crippen LogP contribution >= 0.6 is 11.5 Å². The number of nitrogens with zero attached hydrogens (tertiary/aromatic N) is 3. The zero-order chi connectivity index (χ0) is 6.97. The molecule has 0 atom stereocenters. The predicted octanol–water partition coefficient (Wildman–Crippen LogP) is -0.995. The number of hydrogen-bond donors (Lipinski definition) is 2. The van der Waals surface area contributed by atoms with Gasteiger partial charge in [0.25, 0.3) is 0 Å². The zero-order valence-corrected chi connectivity index (χ0v) is 6.37. The summed E-state index contributed by atoms with van der Waals surface area (Å²) in [6.07, 6.45) is 1.62. The van der Waals surface area contributed by atoms with Crippen molar-refractivity contribution in [2.75, 3.05) is 5.43 Å². The van der Waals surface area contributed by atoms with E-state index in [2.05, 4.69) is 21.2 Å². The minimum atomic E-state index is 0.777. The molecule has 2 N–H and O–H groups in total. The van der Waals surface area contributed by atoms with E-state index in [-0.39, 0.29) is 0 Å². The largest absolute Gasteiger partial charge is 0.287 e. The quantitative estimate of drug-likeness (QED) is 0.390. The Bertz CT molecular complexity index is 278. The van der Waals surface area contributed by atoms with Crippen molar-refractivity contribution in [3.05, 3.63) is 5.69 Å². The molecule has 0 bridgehead atoms. The molecule has 0 aromatic carbocycles. The molecule has 1 aliphatic heterocycles. The number of aromatic nitrogens is 2. The van der Waals surface area contributed by atoms with Gasteiger partial charge in [0, 0.05) is 5.10 Å². The second-order valence-electron chi connectivity index (χ2n) is 1.64. The summed E-state index contributed by atoms with van der Waals surface area (Å²) in [6, 6.07) is 0. The normalized spacial score (nSPS) is 13.6. The summed E-state index contributed by atoms with van der Waals surface area (Å²) in [4.78, 5) is 0. The Morgan fingerprint density at radius 1 is 1.70 bits per heavy atom. The summed E-state index contributed by atoms with van der Waals surface area (Å²) >= 11 is 6.12.